The third-order valence-corrected chi connectivity index (χ3v) is 3.48. The predicted molar refractivity (Wildman–Crippen MR) is 82.8 cm³/mol. The molecule has 2 atom stereocenters. The quantitative estimate of drug-likeness (QED) is 0.754. The number of rotatable bonds is 7. The SMILES string of the molecule is CC(C)CC(CNC(=O)OC(C)(C)C)NC(C)C1CC1. The molecule has 0 aromatic heterocycles. The summed E-state index contributed by atoms with van der Waals surface area (Å²) in [6.07, 6.45) is 3.41. The van der Waals surface area contributed by atoms with Crippen LogP contribution in [0.2, 0.25) is 0 Å². The Balaban J connectivity index is 2.37. The summed E-state index contributed by atoms with van der Waals surface area (Å²) in [6.45, 7) is 12.9. The van der Waals surface area contributed by atoms with Crippen LogP contribution in [0.15, 0.2) is 0 Å². The Morgan fingerprint density at radius 2 is 1.85 bits per heavy atom. The molecule has 1 aliphatic carbocycles. The fourth-order valence-electron chi connectivity index (χ4n) is 2.40. The van der Waals surface area contributed by atoms with Gasteiger partial charge in [-0.3, -0.25) is 0 Å². The van der Waals surface area contributed by atoms with Gasteiger partial charge in [-0.25, -0.2) is 4.79 Å². The van der Waals surface area contributed by atoms with Crippen LogP contribution in [0.1, 0.15) is 60.8 Å². The Bertz CT molecular complexity index is 306. The highest BCUT2D eigenvalue weighted by Gasteiger charge is 2.29. The van der Waals surface area contributed by atoms with Gasteiger partial charge in [-0.1, -0.05) is 13.8 Å². The molecule has 1 saturated carbocycles. The molecule has 1 fully saturated rings. The number of hydrogen-bond acceptors (Lipinski definition) is 3. The molecule has 0 heterocycles. The van der Waals surface area contributed by atoms with E-state index in [0.29, 0.717) is 24.5 Å². The van der Waals surface area contributed by atoms with E-state index >= 15 is 0 Å². The first-order chi connectivity index (χ1) is 9.17. The van der Waals surface area contributed by atoms with Crippen molar-refractivity contribution in [1.29, 1.82) is 0 Å². The summed E-state index contributed by atoms with van der Waals surface area (Å²) in [5, 5.41) is 6.54. The number of carbonyl (C=O) groups excluding carboxylic acids is 1. The number of amides is 1. The predicted octanol–water partition coefficient (Wildman–Crippen LogP) is 3.31. The average molecular weight is 284 g/mol. The standard InChI is InChI=1S/C16H32N2O2/c1-11(2)9-14(18-12(3)13-7-8-13)10-17-15(19)20-16(4,5)6/h11-14,18H,7-10H2,1-6H3,(H,17,19). The summed E-state index contributed by atoms with van der Waals surface area (Å²) in [7, 11) is 0. The summed E-state index contributed by atoms with van der Waals surface area (Å²) in [6, 6.07) is 0.859. The smallest absolute Gasteiger partial charge is 0.407 e. The van der Waals surface area contributed by atoms with Crippen molar-refractivity contribution in [3.63, 3.8) is 0 Å². The molecule has 1 amide bonds. The molecule has 2 unspecified atom stereocenters. The van der Waals surface area contributed by atoms with Gasteiger partial charge in [0.25, 0.3) is 0 Å². The van der Waals surface area contributed by atoms with Crippen LogP contribution in [0.4, 0.5) is 4.79 Å². The highest BCUT2D eigenvalue weighted by atomic mass is 16.6. The van der Waals surface area contributed by atoms with Crippen molar-refractivity contribution >= 4 is 6.09 Å². The van der Waals surface area contributed by atoms with Crippen molar-refractivity contribution < 1.29 is 9.53 Å². The lowest BCUT2D eigenvalue weighted by Gasteiger charge is -2.26. The van der Waals surface area contributed by atoms with Crippen LogP contribution in [0.5, 0.6) is 0 Å². The third kappa shape index (κ3) is 7.73. The first-order valence-electron chi connectivity index (χ1n) is 7.90. The summed E-state index contributed by atoms with van der Waals surface area (Å²) < 4.78 is 5.28. The fourth-order valence-corrected chi connectivity index (χ4v) is 2.40. The van der Waals surface area contributed by atoms with E-state index in [-0.39, 0.29) is 6.09 Å². The Morgan fingerprint density at radius 3 is 2.30 bits per heavy atom. The highest BCUT2D eigenvalue weighted by Crippen LogP contribution is 2.32. The van der Waals surface area contributed by atoms with Crippen molar-refractivity contribution in [2.75, 3.05) is 6.54 Å². The first kappa shape index (κ1) is 17.3. The maximum Gasteiger partial charge on any atom is 0.407 e. The second kappa shape index (κ2) is 7.30. The zero-order chi connectivity index (χ0) is 15.3. The van der Waals surface area contributed by atoms with E-state index in [9.17, 15) is 4.79 Å². The molecule has 0 spiro atoms. The summed E-state index contributed by atoms with van der Waals surface area (Å²) in [4.78, 5) is 11.7. The molecule has 0 aromatic carbocycles. The minimum Gasteiger partial charge on any atom is -0.444 e. The van der Waals surface area contributed by atoms with E-state index in [1.807, 2.05) is 20.8 Å². The van der Waals surface area contributed by atoms with Crippen LogP contribution in [0, 0.1) is 11.8 Å². The molecule has 118 valence electrons. The first-order valence-corrected chi connectivity index (χ1v) is 7.90. The minimum atomic E-state index is -0.438. The lowest BCUT2D eigenvalue weighted by Crippen LogP contribution is -2.46. The average Bonchev–Trinajstić information content (AvgIpc) is 3.06. The molecule has 4 heteroatoms. The van der Waals surface area contributed by atoms with Gasteiger partial charge in [0.15, 0.2) is 0 Å². The van der Waals surface area contributed by atoms with E-state index in [4.69, 9.17) is 4.74 Å². The van der Waals surface area contributed by atoms with Crippen LogP contribution in [0.25, 0.3) is 0 Å². The molecular weight excluding hydrogens is 252 g/mol. The molecule has 1 rings (SSSR count). The van der Waals surface area contributed by atoms with Gasteiger partial charge in [-0.2, -0.15) is 0 Å². The number of nitrogens with one attached hydrogen (secondary N) is 2. The van der Waals surface area contributed by atoms with Gasteiger partial charge in [0.05, 0.1) is 0 Å². The van der Waals surface area contributed by atoms with Crippen molar-refractivity contribution in [3.05, 3.63) is 0 Å². The van der Waals surface area contributed by atoms with Crippen molar-refractivity contribution in [2.24, 2.45) is 11.8 Å². The van der Waals surface area contributed by atoms with Gasteiger partial charge in [-0.05, 0) is 58.8 Å². The lowest BCUT2D eigenvalue weighted by molar-refractivity contribution is 0.0520. The Labute approximate surface area is 124 Å². The molecule has 4 nitrogen and oxygen atoms in total. The normalized spacial score (nSPS) is 18.8. The van der Waals surface area contributed by atoms with Gasteiger partial charge in [-0.15, -0.1) is 0 Å². The van der Waals surface area contributed by atoms with Gasteiger partial charge in [0.1, 0.15) is 5.60 Å². The summed E-state index contributed by atoms with van der Waals surface area (Å²) in [5.41, 5.74) is -0.438. The molecule has 20 heavy (non-hydrogen) atoms. The Morgan fingerprint density at radius 1 is 1.25 bits per heavy atom. The second-order valence-electron chi connectivity index (χ2n) is 7.50. The van der Waals surface area contributed by atoms with Crippen LogP contribution in [0.3, 0.4) is 0 Å². The molecule has 2 N–H and O–H groups in total. The number of carbonyl (C=O) groups is 1. The van der Waals surface area contributed by atoms with E-state index in [1.54, 1.807) is 0 Å². The monoisotopic (exact) mass is 284 g/mol. The summed E-state index contributed by atoms with van der Waals surface area (Å²) in [5.74, 6) is 1.44. The summed E-state index contributed by atoms with van der Waals surface area (Å²) >= 11 is 0. The maximum absolute atomic E-state index is 11.7. The number of alkyl carbamates (subject to hydrolysis) is 1. The third-order valence-electron chi connectivity index (χ3n) is 3.48. The molecule has 0 saturated heterocycles. The van der Waals surface area contributed by atoms with Crippen molar-refractivity contribution in [1.82, 2.24) is 10.6 Å². The van der Waals surface area contributed by atoms with E-state index in [0.717, 1.165) is 12.3 Å². The molecule has 0 bridgehead atoms. The maximum atomic E-state index is 11.7. The van der Waals surface area contributed by atoms with Crippen molar-refractivity contribution in [3.8, 4) is 0 Å². The van der Waals surface area contributed by atoms with Gasteiger partial charge in [0, 0.05) is 18.6 Å². The van der Waals surface area contributed by atoms with Crippen LogP contribution in [-0.4, -0.2) is 30.3 Å². The van der Waals surface area contributed by atoms with Crippen LogP contribution >= 0.6 is 0 Å². The van der Waals surface area contributed by atoms with Crippen LogP contribution in [-0.2, 0) is 4.74 Å². The second-order valence-corrected chi connectivity index (χ2v) is 7.50. The van der Waals surface area contributed by atoms with Crippen molar-refractivity contribution in [2.45, 2.75) is 78.5 Å². The topological polar surface area (TPSA) is 50.4 Å². The Hall–Kier alpha value is -0.770. The van der Waals surface area contributed by atoms with Gasteiger partial charge < -0.3 is 15.4 Å². The molecule has 0 aliphatic heterocycles. The van der Waals surface area contributed by atoms with E-state index in [2.05, 4.69) is 31.4 Å². The lowest BCUT2D eigenvalue weighted by atomic mass is 10.0. The highest BCUT2D eigenvalue weighted by molar-refractivity contribution is 5.67. The molecule has 0 aromatic rings. The zero-order valence-corrected chi connectivity index (χ0v) is 14.0. The van der Waals surface area contributed by atoms with Gasteiger partial charge >= 0.3 is 6.09 Å². The molecular formula is C16H32N2O2. The number of ether oxygens (including phenoxy) is 1. The number of hydrogen-bond donors (Lipinski definition) is 2. The van der Waals surface area contributed by atoms with E-state index in [1.165, 1.54) is 12.8 Å². The fraction of sp³-hybridized carbons (Fsp3) is 0.938. The van der Waals surface area contributed by atoms with E-state index < -0.39 is 5.60 Å². The van der Waals surface area contributed by atoms with Crippen LogP contribution < -0.4 is 10.6 Å². The molecule has 0 radical (unpaired) electrons. The zero-order valence-electron chi connectivity index (χ0n) is 14.0. The molecule has 1 aliphatic rings. The minimum absolute atomic E-state index is 0.318. The Kier molecular flexibility index (Phi) is 6.31. The van der Waals surface area contributed by atoms with Gasteiger partial charge in [0.2, 0.25) is 0 Å². The largest absolute Gasteiger partial charge is 0.444 e.